The van der Waals surface area contributed by atoms with E-state index in [2.05, 4.69) is 5.32 Å². The Balaban J connectivity index is 1.99. The van der Waals surface area contributed by atoms with E-state index < -0.39 is 20.0 Å². The molecular formula is C17H27N3O5S2. The number of hydrogen-bond donors (Lipinski definition) is 1. The second-order valence-corrected chi connectivity index (χ2v) is 10.6. The Labute approximate surface area is 161 Å². The Morgan fingerprint density at radius 1 is 1.15 bits per heavy atom. The number of carbonyl (C=O) groups excluding carboxylic acids is 1. The molecule has 0 aromatic heterocycles. The molecule has 0 unspecified atom stereocenters. The molecule has 1 saturated heterocycles. The molecule has 0 saturated carbocycles. The van der Waals surface area contributed by atoms with Gasteiger partial charge >= 0.3 is 0 Å². The fourth-order valence-electron chi connectivity index (χ4n) is 2.91. The van der Waals surface area contributed by atoms with E-state index >= 15 is 0 Å². The van der Waals surface area contributed by atoms with E-state index in [0.717, 1.165) is 0 Å². The zero-order valence-corrected chi connectivity index (χ0v) is 17.5. The van der Waals surface area contributed by atoms with Gasteiger partial charge < -0.3 is 5.32 Å². The standard InChI is InChI=1S/C17H27N3O5S2/c1-4-19(5-2)27(24,25)16-9-7-8-15(10-16)17(21)18-11-14-12-20(13-14)26(22,23)6-3/h7-10,14H,4-6,11-13H2,1-3H3,(H,18,21). The van der Waals surface area contributed by atoms with Crippen molar-refractivity contribution in [2.75, 3.05) is 38.5 Å². The van der Waals surface area contributed by atoms with Crippen LogP contribution in [0.5, 0.6) is 0 Å². The van der Waals surface area contributed by atoms with Crippen LogP contribution in [0.1, 0.15) is 31.1 Å². The minimum absolute atomic E-state index is 0.0675. The molecule has 27 heavy (non-hydrogen) atoms. The molecule has 10 heteroatoms. The molecule has 1 aliphatic rings. The molecule has 1 aromatic rings. The Kier molecular flexibility index (Phi) is 7.01. The maximum atomic E-state index is 12.6. The van der Waals surface area contributed by atoms with E-state index in [1.54, 1.807) is 32.9 Å². The molecule has 1 amide bonds. The van der Waals surface area contributed by atoms with Gasteiger partial charge in [0.2, 0.25) is 20.0 Å². The molecule has 0 atom stereocenters. The summed E-state index contributed by atoms with van der Waals surface area (Å²) in [6, 6.07) is 5.96. The lowest BCUT2D eigenvalue weighted by Gasteiger charge is -2.37. The minimum Gasteiger partial charge on any atom is -0.352 e. The second-order valence-electron chi connectivity index (χ2n) is 6.41. The van der Waals surface area contributed by atoms with Crippen LogP contribution in [0, 0.1) is 5.92 Å². The van der Waals surface area contributed by atoms with E-state index in [1.807, 2.05) is 0 Å². The van der Waals surface area contributed by atoms with Gasteiger partial charge in [0.05, 0.1) is 10.6 Å². The van der Waals surface area contributed by atoms with Crippen LogP contribution in [0.4, 0.5) is 0 Å². The highest BCUT2D eigenvalue weighted by Crippen LogP contribution is 2.20. The Morgan fingerprint density at radius 2 is 1.78 bits per heavy atom. The van der Waals surface area contributed by atoms with Gasteiger partial charge in [0.15, 0.2) is 0 Å². The average Bonchev–Trinajstić information content (AvgIpc) is 2.61. The predicted octanol–water partition coefficient (Wildman–Crippen LogP) is 0.728. The molecule has 1 N–H and O–H groups in total. The first kappa shape index (κ1) is 21.8. The quantitative estimate of drug-likeness (QED) is 0.638. The van der Waals surface area contributed by atoms with Crippen LogP contribution >= 0.6 is 0 Å². The third-order valence-electron chi connectivity index (χ3n) is 4.67. The van der Waals surface area contributed by atoms with Crippen molar-refractivity contribution < 1.29 is 21.6 Å². The Bertz CT molecular complexity index is 874. The molecule has 0 bridgehead atoms. The van der Waals surface area contributed by atoms with E-state index in [9.17, 15) is 21.6 Å². The first-order valence-corrected chi connectivity index (χ1v) is 12.1. The minimum atomic E-state index is -3.63. The van der Waals surface area contributed by atoms with Gasteiger partial charge in [-0.15, -0.1) is 0 Å². The van der Waals surface area contributed by atoms with Crippen LogP contribution in [0.25, 0.3) is 0 Å². The van der Waals surface area contributed by atoms with Crippen molar-refractivity contribution in [3.63, 3.8) is 0 Å². The van der Waals surface area contributed by atoms with Crippen LogP contribution in [0.2, 0.25) is 0 Å². The number of amides is 1. The van der Waals surface area contributed by atoms with Crippen molar-refractivity contribution in [1.29, 1.82) is 0 Å². The first-order valence-electron chi connectivity index (χ1n) is 9.01. The van der Waals surface area contributed by atoms with Gasteiger partial charge in [-0.3, -0.25) is 4.79 Å². The summed E-state index contributed by atoms with van der Waals surface area (Å²) in [5, 5.41) is 2.76. The second kappa shape index (κ2) is 8.68. The molecule has 1 fully saturated rings. The van der Waals surface area contributed by atoms with E-state index in [4.69, 9.17) is 0 Å². The molecule has 0 spiro atoms. The molecule has 0 radical (unpaired) electrons. The number of hydrogen-bond acceptors (Lipinski definition) is 5. The Morgan fingerprint density at radius 3 is 2.33 bits per heavy atom. The van der Waals surface area contributed by atoms with Crippen molar-refractivity contribution in [2.24, 2.45) is 5.92 Å². The normalized spacial score (nSPS) is 16.3. The maximum absolute atomic E-state index is 12.6. The van der Waals surface area contributed by atoms with E-state index in [-0.39, 0.29) is 28.0 Å². The third kappa shape index (κ3) is 4.87. The van der Waals surface area contributed by atoms with Gasteiger partial charge in [0.1, 0.15) is 0 Å². The molecule has 8 nitrogen and oxygen atoms in total. The lowest BCUT2D eigenvalue weighted by Crippen LogP contribution is -2.54. The fraction of sp³-hybridized carbons (Fsp3) is 0.588. The number of rotatable bonds is 9. The zero-order valence-electron chi connectivity index (χ0n) is 15.9. The molecule has 1 aliphatic heterocycles. The van der Waals surface area contributed by atoms with Gasteiger partial charge in [-0.25, -0.2) is 21.1 Å². The number of benzene rings is 1. The first-order chi connectivity index (χ1) is 12.7. The zero-order chi connectivity index (χ0) is 20.2. The van der Waals surface area contributed by atoms with E-state index in [1.165, 1.54) is 20.7 Å². The molecule has 1 aromatic carbocycles. The smallest absolute Gasteiger partial charge is 0.251 e. The lowest BCUT2D eigenvalue weighted by molar-refractivity contribution is 0.0929. The van der Waals surface area contributed by atoms with Crippen molar-refractivity contribution in [3.8, 4) is 0 Å². The van der Waals surface area contributed by atoms with Crippen molar-refractivity contribution in [3.05, 3.63) is 29.8 Å². The van der Waals surface area contributed by atoms with Crippen molar-refractivity contribution >= 4 is 26.0 Å². The van der Waals surface area contributed by atoms with Gasteiger partial charge in [-0.05, 0) is 25.1 Å². The molecule has 2 rings (SSSR count). The number of carbonyl (C=O) groups is 1. The molecule has 1 heterocycles. The monoisotopic (exact) mass is 417 g/mol. The fourth-order valence-corrected chi connectivity index (χ4v) is 5.66. The number of nitrogens with zero attached hydrogens (tertiary/aromatic N) is 2. The molecule has 0 aliphatic carbocycles. The van der Waals surface area contributed by atoms with Crippen LogP contribution in [-0.4, -0.2) is 69.8 Å². The van der Waals surface area contributed by atoms with Gasteiger partial charge in [0.25, 0.3) is 5.91 Å². The Hall–Kier alpha value is -1.49. The third-order valence-corrected chi connectivity index (χ3v) is 8.53. The summed E-state index contributed by atoms with van der Waals surface area (Å²) in [7, 11) is -6.80. The maximum Gasteiger partial charge on any atom is 0.251 e. The van der Waals surface area contributed by atoms with E-state index in [0.29, 0.717) is 32.7 Å². The molecule has 152 valence electrons. The summed E-state index contributed by atoms with van der Waals surface area (Å²) in [5.74, 6) is -0.235. The highest BCUT2D eigenvalue weighted by molar-refractivity contribution is 7.89. The summed E-state index contributed by atoms with van der Waals surface area (Å²) in [4.78, 5) is 12.4. The SMILES string of the molecule is CCN(CC)S(=O)(=O)c1cccc(C(=O)NCC2CN(S(=O)(=O)CC)C2)c1. The lowest BCUT2D eigenvalue weighted by atomic mass is 10.0. The largest absolute Gasteiger partial charge is 0.352 e. The summed E-state index contributed by atoms with van der Waals surface area (Å²) in [5.41, 5.74) is 0.264. The summed E-state index contributed by atoms with van der Waals surface area (Å²) >= 11 is 0. The average molecular weight is 418 g/mol. The van der Waals surface area contributed by atoms with Crippen LogP contribution in [-0.2, 0) is 20.0 Å². The van der Waals surface area contributed by atoms with Crippen LogP contribution in [0.15, 0.2) is 29.2 Å². The summed E-state index contributed by atoms with van der Waals surface area (Å²) < 4.78 is 51.3. The van der Waals surface area contributed by atoms with Gasteiger partial charge in [-0.2, -0.15) is 4.31 Å². The number of nitrogens with one attached hydrogen (secondary N) is 1. The number of sulfonamides is 2. The molecular weight excluding hydrogens is 390 g/mol. The summed E-state index contributed by atoms with van der Waals surface area (Å²) in [6.07, 6.45) is 0. The highest BCUT2D eigenvalue weighted by atomic mass is 32.2. The summed E-state index contributed by atoms with van der Waals surface area (Å²) in [6.45, 7) is 6.98. The van der Waals surface area contributed by atoms with Crippen LogP contribution < -0.4 is 5.32 Å². The highest BCUT2D eigenvalue weighted by Gasteiger charge is 2.34. The van der Waals surface area contributed by atoms with Gasteiger partial charge in [-0.1, -0.05) is 19.9 Å². The van der Waals surface area contributed by atoms with Gasteiger partial charge in [0, 0.05) is 44.2 Å². The topological polar surface area (TPSA) is 104 Å². The van der Waals surface area contributed by atoms with Crippen LogP contribution in [0.3, 0.4) is 0 Å². The predicted molar refractivity (Wildman–Crippen MR) is 103 cm³/mol. The van der Waals surface area contributed by atoms with Crippen molar-refractivity contribution in [2.45, 2.75) is 25.7 Å². The van der Waals surface area contributed by atoms with Crippen molar-refractivity contribution in [1.82, 2.24) is 13.9 Å².